The number of aromatic amines is 1. The van der Waals surface area contributed by atoms with Gasteiger partial charge in [0.2, 0.25) is 5.91 Å². The number of halogens is 1. The van der Waals surface area contributed by atoms with E-state index >= 15 is 0 Å². The molecule has 26 heavy (non-hydrogen) atoms. The maximum absolute atomic E-state index is 14.5. The van der Waals surface area contributed by atoms with E-state index in [0.29, 0.717) is 30.0 Å². The van der Waals surface area contributed by atoms with Gasteiger partial charge in [-0.25, -0.2) is 4.39 Å². The largest absolute Gasteiger partial charge is 0.497 e. The van der Waals surface area contributed by atoms with Crippen LogP contribution in [0.1, 0.15) is 32.3 Å². The molecule has 1 aliphatic rings. The number of hydrogen-bond acceptors (Lipinski definition) is 4. The van der Waals surface area contributed by atoms with Crippen LogP contribution in [0.3, 0.4) is 0 Å². The molecule has 1 aromatic heterocycles. The number of H-pyrrole nitrogens is 1. The number of carbonyl (C=O) groups excluding carboxylic acids is 1. The van der Waals surface area contributed by atoms with Crippen LogP contribution < -0.4 is 10.1 Å². The Morgan fingerprint density at radius 3 is 2.85 bits per heavy atom. The highest BCUT2D eigenvalue weighted by atomic mass is 19.1. The number of nitrogens with zero attached hydrogens (tertiary/aromatic N) is 2. The number of nitrogens with one attached hydrogen (secondary N) is 2. The summed E-state index contributed by atoms with van der Waals surface area (Å²) >= 11 is 0. The van der Waals surface area contributed by atoms with E-state index < -0.39 is 0 Å². The first kappa shape index (κ1) is 18.4. The fourth-order valence-electron chi connectivity index (χ4n) is 3.26. The Kier molecular flexibility index (Phi) is 5.56. The fraction of sp³-hybridized carbons (Fsp3) is 0.474. The Morgan fingerprint density at radius 1 is 1.42 bits per heavy atom. The monoisotopic (exact) mass is 360 g/mol. The van der Waals surface area contributed by atoms with Crippen LogP contribution in [0.2, 0.25) is 0 Å². The molecule has 1 unspecified atom stereocenters. The van der Waals surface area contributed by atoms with Gasteiger partial charge in [0, 0.05) is 48.8 Å². The number of carbonyl (C=O) groups is 1. The van der Waals surface area contributed by atoms with Gasteiger partial charge in [-0.15, -0.1) is 0 Å². The maximum atomic E-state index is 14.5. The van der Waals surface area contributed by atoms with Gasteiger partial charge in [0.1, 0.15) is 11.6 Å². The molecule has 6 nitrogen and oxygen atoms in total. The van der Waals surface area contributed by atoms with Crippen LogP contribution in [0.5, 0.6) is 5.75 Å². The Morgan fingerprint density at radius 2 is 2.23 bits per heavy atom. The second kappa shape index (κ2) is 7.86. The van der Waals surface area contributed by atoms with Crippen LogP contribution in [0.4, 0.5) is 4.39 Å². The molecule has 1 fully saturated rings. The summed E-state index contributed by atoms with van der Waals surface area (Å²) in [6, 6.07) is 5.25. The normalized spacial score (nSPS) is 17.2. The number of amides is 1. The highest BCUT2D eigenvalue weighted by molar-refractivity contribution is 5.78. The van der Waals surface area contributed by atoms with E-state index in [-0.39, 0.29) is 23.8 Å². The number of methoxy groups -OCH3 is 1. The van der Waals surface area contributed by atoms with Gasteiger partial charge in [-0.2, -0.15) is 5.10 Å². The van der Waals surface area contributed by atoms with E-state index in [2.05, 4.69) is 34.3 Å². The zero-order chi connectivity index (χ0) is 18.7. The van der Waals surface area contributed by atoms with Crippen molar-refractivity contribution in [3.05, 3.63) is 35.8 Å². The molecular formula is C19H25FN4O2. The number of ether oxygens (including phenoxy) is 1. The molecule has 3 rings (SSSR count). The van der Waals surface area contributed by atoms with E-state index in [4.69, 9.17) is 4.74 Å². The number of benzene rings is 1. The highest BCUT2D eigenvalue weighted by Gasteiger charge is 2.25. The standard InChI is InChI=1S/C19H25FN4O2/c1-12(2)24(11-14-4-7-18(25)22-14)10-13-9-21-23-19(13)16-6-5-15(26-3)8-17(16)20/h5-6,8-9,12,14H,4,7,10-11H2,1-3H3,(H,21,23)(H,22,25). The van der Waals surface area contributed by atoms with Crippen LogP contribution in [0.15, 0.2) is 24.4 Å². The Balaban J connectivity index is 1.79. The molecule has 0 radical (unpaired) electrons. The van der Waals surface area contributed by atoms with Crippen molar-refractivity contribution in [1.82, 2.24) is 20.4 Å². The second-order valence-electron chi connectivity index (χ2n) is 6.94. The lowest BCUT2D eigenvalue weighted by Gasteiger charge is -2.29. The molecule has 2 heterocycles. The smallest absolute Gasteiger partial charge is 0.220 e. The third-order valence-electron chi connectivity index (χ3n) is 4.81. The van der Waals surface area contributed by atoms with E-state index in [1.165, 1.54) is 13.2 Å². The SMILES string of the molecule is COc1ccc(-c2[nH]ncc2CN(CC2CCC(=O)N2)C(C)C)c(F)c1. The first-order valence-electron chi connectivity index (χ1n) is 8.87. The molecule has 0 saturated carbocycles. The Bertz CT molecular complexity index is 775. The molecule has 0 aliphatic carbocycles. The van der Waals surface area contributed by atoms with Crippen molar-refractivity contribution in [1.29, 1.82) is 0 Å². The van der Waals surface area contributed by atoms with Gasteiger partial charge < -0.3 is 10.1 Å². The summed E-state index contributed by atoms with van der Waals surface area (Å²) in [4.78, 5) is 13.7. The molecule has 1 saturated heterocycles. The average Bonchev–Trinajstić information content (AvgIpc) is 3.23. The fourth-order valence-corrected chi connectivity index (χ4v) is 3.26. The lowest BCUT2D eigenvalue weighted by atomic mass is 10.1. The highest BCUT2D eigenvalue weighted by Crippen LogP contribution is 2.28. The summed E-state index contributed by atoms with van der Waals surface area (Å²) in [7, 11) is 1.51. The molecule has 2 aromatic rings. The lowest BCUT2D eigenvalue weighted by molar-refractivity contribution is -0.119. The predicted octanol–water partition coefficient (Wildman–Crippen LogP) is 2.71. The van der Waals surface area contributed by atoms with Gasteiger partial charge in [0.15, 0.2) is 0 Å². The van der Waals surface area contributed by atoms with Gasteiger partial charge in [0.05, 0.1) is 19.0 Å². The summed E-state index contributed by atoms with van der Waals surface area (Å²) in [5, 5.41) is 10.0. The van der Waals surface area contributed by atoms with Crippen LogP contribution in [0.25, 0.3) is 11.3 Å². The van der Waals surface area contributed by atoms with Crippen molar-refractivity contribution >= 4 is 5.91 Å². The quantitative estimate of drug-likeness (QED) is 0.796. The molecule has 1 atom stereocenters. The molecule has 0 bridgehead atoms. The zero-order valence-corrected chi connectivity index (χ0v) is 15.4. The van der Waals surface area contributed by atoms with Crippen molar-refractivity contribution in [3.8, 4) is 17.0 Å². The summed E-state index contributed by atoms with van der Waals surface area (Å²) in [6.07, 6.45) is 3.18. The second-order valence-corrected chi connectivity index (χ2v) is 6.94. The zero-order valence-electron chi connectivity index (χ0n) is 15.4. The molecule has 1 aliphatic heterocycles. The first-order chi connectivity index (χ1) is 12.5. The minimum absolute atomic E-state index is 0.114. The molecule has 7 heteroatoms. The lowest BCUT2D eigenvalue weighted by Crippen LogP contribution is -2.41. The summed E-state index contributed by atoms with van der Waals surface area (Å²) in [5.41, 5.74) is 2.06. The summed E-state index contributed by atoms with van der Waals surface area (Å²) in [6.45, 7) is 5.62. The van der Waals surface area contributed by atoms with Crippen molar-refractivity contribution in [2.75, 3.05) is 13.7 Å². The van der Waals surface area contributed by atoms with Gasteiger partial charge in [-0.3, -0.25) is 14.8 Å². The van der Waals surface area contributed by atoms with Crippen LogP contribution >= 0.6 is 0 Å². The average molecular weight is 360 g/mol. The van der Waals surface area contributed by atoms with E-state index in [9.17, 15) is 9.18 Å². The summed E-state index contributed by atoms with van der Waals surface area (Å²) < 4.78 is 19.5. The van der Waals surface area contributed by atoms with E-state index in [1.54, 1.807) is 18.3 Å². The van der Waals surface area contributed by atoms with Gasteiger partial charge in [-0.05, 0) is 32.4 Å². The van der Waals surface area contributed by atoms with E-state index in [1.807, 2.05) is 0 Å². The van der Waals surface area contributed by atoms with Gasteiger partial charge in [-0.1, -0.05) is 0 Å². The van der Waals surface area contributed by atoms with Crippen molar-refractivity contribution in [2.24, 2.45) is 0 Å². The Hall–Kier alpha value is -2.41. The topological polar surface area (TPSA) is 70.2 Å². The first-order valence-corrected chi connectivity index (χ1v) is 8.87. The van der Waals surface area contributed by atoms with Crippen molar-refractivity contribution in [3.63, 3.8) is 0 Å². The molecular weight excluding hydrogens is 335 g/mol. The van der Waals surface area contributed by atoms with Crippen molar-refractivity contribution < 1.29 is 13.9 Å². The molecule has 0 spiro atoms. The predicted molar refractivity (Wildman–Crippen MR) is 97.2 cm³/mol. The molecule has 140 valence electrons. The Labute approximate surface area is 152 Å². The number of aromatic nitrogens is 2. The number of rotatable bonds is 7. The molecule has 2 N–H and O–H groups in total. The van der Waals surface area contributed by atoms with Crippen LogP contribution in [-0.4, -0.2) is 46.7 Å². The van der Waals surface area contributed by atoms with Crippen LogP contribution in [0, 0.1) is 5.82 Å². The van der Waals surface area contributed by atoms with Gasteiger partial charge in [0.25, 0.3) is 0 Å². The number of hydrogen-bond donors (Lipinski definition) is 2. The minimum atomic E-state index is -0.353. The third kappa shape index (κ3) is 4.04. The summed E-state index contributed by atoms with van der Waals surface area (Å²) in [5.74, 6) is 0.241. The molecule has 1 amide bonds. The molecule has 1 aromatic carbocycles. The minimum Gasteiger partial charge on any atom is -0.497 e. The van der Waals surface area contributed by atoms with Gasteiger partial charge >= 0.3 is 0 Å². The maximum Gasteiger partial charge on any atom is 0.220 e. The van der Waals surface area contributed by atoms with Crippen molar-refractivity contribution in [2.45, 2.75) is 45.3 Å². The van der Waals surface area contributed by atoms with Crippen LogP contribution in [-0.2, 0) is 11.3 Å². The third-order valence-corrected chi connectivity index (χ3v) is 4.81. The van der Waals surface area contributed by atoms with E-state index in [0.717, 1.165) is 18.5 Å².